The molecule has 19 heavy (non-hydrogen) atoms. The lowest BCUT2D eigenvalue weighted by molar-refractivity contribution is 0.0940. The number of nitrogen functional groups attached to an aromatic ring is 1. The lowest BCUT2D eigenvalue weighted by atomic mass is 10.1. The zero-order valence-corrected chi connectivity index (χ0v) is 10.4. The number of benzene rings is 1. The van der Waals surface area contributed by atoms with Crippen LogP contribution >= 0.6 is 0 Å². The Hall–Kier alpha value is -2.43. The lowest BCUT2D eigenvalue weighted by Crippen LogP contribution is -2.27. The summed E-state index contributed by atoms with van der Waals surface area (Å²) in [6, 6.07) is 7.17. The standard InChI is InChI=1S/C14H14FN3O/c1-9(10-3-2-6-17-8-10)18-14(19)12-5-4-11(15)7-13(12)16/h2-9H,16H2,1H3,(H,18,19)/t9-/m0/s1. The fourth-order valence-electron chi connectivity index (χ4n) is 1.73. The van der Waals surface area contributed by atoms with Crippen LogP contribution in [0.15, 0.2) is 42.7 Å². The van der Waals surface area contributed by atoms with E-state index >= 15 is 0 Å². The molecule has 0 aliphatic heterocycles. The van der Waals surface area contributed by atoms with Crippen molar-refractivity contribution in [2.24, 2.45) is 0 Å². The van der Waals surface area contributed by atoms with Gasteiger partial charge in [-0.1, -0.05) is 6.07 Å². The summed E-state index contributed by atoms with van der Waals surface area (Å²) in [7, 11) is 0. The van der Waals surface area contributed by atoms with Crippen LogP contribution < -0.4 is 11.1 Å². The molecule has 2 rings (SSSR count). The molecule has 1 aromatic carbocycles. The fourth-order valence-corrected chi connectivity index (χ4v) is 1.73. The van der Waals surface area contributed by atoms with Crippen molar-refractivity contribution in [3.63, 3.8) is 0 Å². The molecule has 3 N–H and O–H groups in total. The van der Waals surface area contributed by atoms with E-state index in [9.17, 15) is 9.18 Å². The Kier molecular flexibility index (Phi) is 3.75. The summed E-state index contributed by atoms with van der Waals surface area (Å²) < 4.78 is 12.9. The van der Waals surface area contributed by atoms with Crippen molar-refractivity contribution in [2.75, 3.05) is 5.73 Å². The Balaban J connectivity index is 2.13. The van der Waals surface area contributed by atoms with Gasteiger partial charge in [0.25, 0.3) is 5.91 Å². The highest BCUT2D eigenvalue weighted by Crippen LogP contribution is 2.16. The fraction of sp³-hybridized carbons (Fsp3) is 0.143. The quantitative estimate of drug-likeness (QED) is 0.831. The Morgan fingerprint density at radius 3 is 2.84 bits per heavy atom. The second-order valence-electron chi connectivity index (χ2n) is 4.21. The third kappa shape index (κ3) is 3.07. The van der Waals surface area contributed by atoms with E-state index in [2.05, 4.69) is 10.3 Å². The maximum absolute atomic E-state index is 12.9. The van der Waals surface area contributed by atoms with Gasteiger partial charge >= 0.3 is 0 Å². The number of hydrogen-bond acceptors (Lipinski definition) is 3. The number of amides is 1. The summed E-state index contributed by atoms with van der Waals surface area (Å²) in [5.74, 6) is -0.803. The van der Waals surface area contributed by atoms with E-state index < -0.39 is 5.82 Å². The highest BCUT2D eigenvalue weighted by Gasteiger charge is 2.14. The first-order chi connectivity index (χ1) is 9.08. The van der Waals surface area contributed by atoms with E-state index in [4.69, 9.17) is 5.73 Å². The molecule has 0 radical (unpaired) electrons. The Morgan fingerprint density at radius 2 is 2.21 bits per heavy atom. The number of aromatic nitrogens is 1. The number of pyridine rings is 1. The minimum atomic E-state index is -0.464. The molecule has 0 unspecified atom stereocenters. The summed E-state index contributed by atoms with van der Waals surface area (Å²) in [5, 5.41) is 2.79. The lowest BCUT2D eigenvalue weighted by Gasteiger charge is -2.14. The van der Waals surface area contributed by atoms with Gasteiger partial charge in [0, 0.05) is 18.1 Å². The van der Waals surface area contributed by atoms with Gasteiger partial charge in [-0.05, 0) is 36.8 Å². The van der Waals surface area contributed by atoms with Gasteiger partial charge in [-0.2, -0.15) is 0 Å². The molecule has 98 valence electrons. The molecule has 1 amide bonds. The van der Waals surface area contributed by atoms with Crippen LogP contribution in [0.5, 0.6) is 0 Å². The number of carbonyl (C=O) groups excluding carboxylic acids is 1. The molecule has 0 spiro atoms. The van der Waals surface area contributed by atoms with E-state index in [-0.39, 0.29) is 23.2 Å². The van der Waals surface area contributed by atoms with Gasteiger partial charge in [-0.15, -0.1) is 0 Å². The third-order valence-electron chi connectivity index (χ3n) is 2.79. The van der Waals surface area contributed by atoms with E-state index in [0.717, 1.165) is 11.6 Å². The van der Waals surface area contributed by atoms with Gasteiger partial charge in [0.15, 0.2) is 0 Å². The molecule has 0 fully saturated rings. The Labute approximate surface area is 110 Å². The number of rotatable bonds is 3. The minimum absolute atomic E-state index is 0.121. The number of hydrogen-bond donors (Lipinski definition) is 2. The van der Waals surface area contributed by atoms with E-state index in [0.29, 0.717) is 0 Å². The number of carbonyl (C=O) groups is 1. The number of anilines is 1. The summed E-state index contributed by atoms with van der Waals surface area (Å²) in [6.45, 7) is 1.84. The van der Waals surface area contributed by atoms with E-state index in [1.807, 2.05) is 13.0 Å². The molecule has 0 saturated heterocycles. The molecule has 4 nitrogen and oxygen atoms in total. The van der Waals surface area contributed by atoms with Crippen LogP contribution in [0.2, 0.25) is 0 Å². The number of halogens is 1. The molecular formula is C14H14FN3O. The van der Waals surface area contributed by atoms with Crippen LogP contribution in [-0.4, -0.2) is 10.9 Å². The molecule has 0 aliphatic rings. The molecule has 2 aromatic rings. The first-order valence-electron chi connectivity index (χ1n) is 5.83. The predicted molar refractivity (Wildman–Crippen MR) is 70.9 cm³/mol. The van der Waals surface area contributed by atoms with E-state index in [1.165, 1.54) is 12.1 Å². The highest BCUT2D eigenvalue weighted by molar-refractivity contribution is 5.99. The molecule has 0 saturated carbocycles. The maximum atomic E-state index is 12.9. The molecule has 1 atom stereocenters. The van der Waals surface area contributed by atoms with Crippen LogP contribution in [0.25, 0.3) is 0 Å². The molecule has 1 aromatic heterocycles. The molecule has 5 heteroatoms. The van der Waals surface area contributed by atoms with Gasteiger partial charge in [0.1, 0.15) is 5.82 Å². The Morgan fingerprint density at radius 1 is 1.42 bits per heavy atom. The van der Waals surface area contributed by atoms with Crippen molar-refractivity contribution in [1.29, 1.82) is 0 Å². The molecule has 1 heterocycles. The topological polar surface area (TPSA) is 68.0 Å². The second-order valence-corrected chi connectivity index (χ2v) is 4.21. The number of nitrogens with one attached hydrogen (secondary N) is 1. The van der Waals surface area contributed by atoms with Crippen molar-refractivity contribution in [3.8, 4) is 0 Å². The maximum Gasteiger partial charge on any atom is 0.253 e. The highest BCUT2D eigenvalue weighted by atomic mass is 19.1. The summed E-state index contributed by atoms with van der Waals surface area (Å²) in [6.07, 6.45) is 3.34. The van der Waals surface area contributed by atoms with Crippen molar-refractivity contribution in [1.82, 2.24) is 10.3 Å². The largest absolute Gasteiger partial charge is 0.398 e. The van der Waals surface area contributed by atoms with Crippen LogP contribution in [0.1, 0.15) is 28.9 Å². The number of nitrogens with two attached hydrogens (primary N) is 1. The minimum Gasteiger partial charge on any atom is -0.398 e. The van der Waals surface area contributed by atoms with Gasteiger partial charge in [0.05, 0.1) is 11.6 Å². The van der Waals surface area contributed by atoms with Crippen LogP contribution in [0.3, 0.4) is 0 Å². The Bertz CT molecular complexity index is 586. The summed E-state index contributed by atoms with van der Waals surface area (Å²) >= 11 is 0. The average Bonchev–Trinajstić information content (AvgIpc) is 2.39. The zero-order valence-electron chi connectivity index (χ0n) is 10.4. The molecule has 0 bridgehead atoms. The van der Waals surface area contributed by atoms with Gasteiger partial charge < -0.3 is 11.1 Å². The predicted octanol–water partition coefficient (Wildman–Crippen LogP) is 2.29. The summed E-state index contributed by atoms with van der Waals surface area (Å²) in [5.41, 5.74) is 6.89. The van der Waals surface area contributed by atoms with Crippen LogP contribution in [0, 0.1) is 5.82 Å². The van der Waals surface area contributed by atoms with Crippen molar-refractivity contribution >= 4 is 11.6 Å². The van der Waals surface area contributed by atoms with Gasteiger partial charge in [0.2, 0.25) is 0 Å². The third-order valence-corrected chi connectivity index (χ3v) is 2.79. The average molecular weight is 259 g/mol. The SMILES string of the molecule is C[C@H](NC(=O)c1ccc(F)cc1N)c1cccnc1. The second kappa shape index (κ2) is 5.48. The monoisotopic (exact) mass is 259 g/mol. The van der Waals surface area contributed by atoms with Gasteiger partial charge in [-0.3, -0.25) is 9.78 Å². The first kappa shape index (κ1) is 13.0. The normalized spacial score (nSPS) is 11.9. The van der Waals surface area contributed by atoms with Crippen molar-refractivity contribution in [3.05, 3.63) is 59.7 Å². The van der Waals surface area contributed by atoms with Gasteiger partial charge in [-0.25, -0.2) is 4.39 Å². The van der Waals surface area contributed by atoms with Crippen LogP contribution in [0.4, 0.5) is 10.1 Å². The van der Waals surface area contributed by atoms with Crippen molar-refractivity contribution < 1.29 is 9.18 Å². The molecule has 0 aliphatic carbocycles. The van der Waals surface area contributed by atoms with Crippen LogP contribution in [-0.2, 0) is 0 Å². The smallest absolute Gasteiger partial charge is 0.253 e. The first-order valence-corrected chi connectivity index (χ1v) is 5.83. The van der Waals surface area contributed by atoms with Crippen molar-refractivity contribution in [2.45, 2.75) is 13.0 Å². The zero-order chi connectivity index (χ0) is 13.8. The van der Waals surface area contributed by atoms with E-state index in [1.54, 1.807) is 18.5 Å². The summed E-state index contributed by atoms with van der Waals surface area (Å²) in [4.78, 5) is 16.0. The molecular weight excluding hydrogens is 245 g/mol. The number of nitrogens with zero attached hydrogens (tertiary/aromatic N) is 1.